The lowest BCUT2D eigenvalue weighted by molar-refractivity contribution is -0.120. The van der Waals surface area contributed by atoms with Crippen LogP contribution in [0.4, 0.5) is 0 Å². The fraction of sp³-hybridized carbons (Fsp3) is 0.400. The average Bonchev–Trinajstić information content (AvgIpc) is 2.41. The van der Waals surface area contributed by atoms with E-state index in [1.807, 2.05) is 13.0 Å². The van der Waals surface area contributed by atoms with Gasteiger partial charge in [0.25, 0.3) is 0 Å². The van der Waals surface area contributed by atoms with Crippen LogP contribution in [0.1, 0.15) is 18.9 Å². The summed E-state index contributed by atoms with van der Waals surface area (Å²) in [6, 6.07) is 10.4. The van der Waals surface area contributed by atoms with E-state index in [-0.39, 0.29) is 11.2 Å². The predicted molar refractivity (Wildman–Crippen MR) is 79.9 cm³/mol. The molecule has 0 radical (unpaired) electrons. The van der Waals surface area contributed by atoms with Gasteiger partial charge in [-0.15, -0.1) is 18.3 Å². The standard InChI is InChI=1S/C15H21NOS/c1-3-11-16-15(17)13(2)18-12-7-10-14-8-5-4-6-9-14/h3-6,8-9,13H,1,7,10-12H2,2H3,(H,16,17). The van der Waals surface area contributed by atoms with Crippen molar-refractivity contribution < 1.29 is 4.79 Å². The van der Waals surface area contributed by atoms with Gasteiger partial charge in [0.1, 0.15) is 0 Å². The number of hydrogen-bond donors (Lipinski definition) is 1. The molecule has 1 aromatic carbocycles. The number of nitrogens with one attached hydrogen (secondary N) is 1. The number of aryl methyl sites for hydroxylation is 1. The van der Waals surface area contributed by atoms with Gasteiger partial charge in [-0.3, -0.25) is 4.79 Å². The third-order valence-corrected chi connectivity index (χ3v) is 3.85. The molecule has 1 atom stereocenters. The van der Waals surface area contributed by atoms with Crippen LogP contribution in [0.2, 0.25) is 0 Å². The van der Waals surface area contributed by atoms with E-state index in [0.29, 0.717) is 6.54 Å². The van der Waals surface area contributed by atoms with Gasteiger partial charge in [-0.25, -0.2) is 0 Å². The first-order chi connectivity index (χ1) is 8.74. The van der Waals surface area contributed by atoms with Crippen molar-refractivity contribution in [1.82, 2.24) is 5.32 Å². The molecule has 1 aromatic rings. The molecular formula is C15H21NOS. The smallest absolute Gasteiger partial charge is 0.233 e. The molecule has 0 aliphatic heterocycles. The number of rotatable bonds is 8. The van der Waals surface area contributed by atoms with E-state index >= 15 is 0 Å². The zero-order valence-electron chi connectivity index (χ0n) is 10.9. The number of carbonyl (C=O) groups is 1. The molecule has 1 unspecified atom stereocenters. The van der Waals surface area contributed by atoms with E-state index in [1.165, 1.54) is 5.56 Å². The summed E-state index contributed by atoms with van der Waals surface area (Å²) < 4.78 is 0. The molecular weight excluding hydrogens is 242 g/mol. The molecule has 18 heavy (non-hydrogen) atoms. The normalized spacial score (nSPS) is 11.8. The number of benzene rings is 1. The Morgan fingerprint density at radius 1 is 1.44 bits per heavy atom. The van der Waals surface area contributed by atoms with Crippen LogP contribution in [0.3, 0.4) is 0 Å². The van der Waals surface area contributed by atoms with Gasteiger partial charge in [-0.05, 0) is 31.1 Å². The molecule has 0 spiro atoms. The maximum Gasteiger partial charge on any atom is 0.233 e. The van der Waals surface area contributed by atoms with E-state index in [2.05, 4.69) is 36.2 Å². The van der Waals surface area contributed by atoms with Crippen molar-refractivity contribution in [2.24, 2.45) is 0 Å². The van der Waals surface area contributed by atoms with Crippen LogP contribution in [0, 0.1) is 0 Å². The first-order valence-electron chi connectivity index (χ1n) is 6.28. The molecule has 0 aliphatic rings. The van der Waals surface area contributed by atoms with Crippen molar-refractivity contribution in [3.8, 4) is 0 Å². The zero-order valence-corrected chi connectivity index (χ0v) is 11.7. The van der Waals surface area contributed by atoms with Crippen LogP contribution < -0.4 is 5.32 Å². The highest BCUT2D eigenvalue weighted by Gasteiger charge is 2.11. The van der Waals surface area contributed by atoms with Gasteiger partial charge in [0.2, 0.25) is 5.91 Å². The first kappa shape index (κ1) is 14.8. The molecule has 1 rings (SSSR count). The third kappa shape index (κ3) is 5.92. The third-order valence-electron chi connectivity index (χ3n) is 2.61. The molecule has 3 heteroatoms. The summed E-state index contributed by atoms with van der Waals surface area (Å²) in [6.07, 6.45) is 3.88. The largest absolute Gasteiger partial charge is 0.352 e. The maximum absolute atomic E-state index is 11.6. The molecule has 1 N–H and O–H groups in total. The Kier molecular flexibility index (Phi) is 7.26. The minimum Gasteiger partial charge on any atom is -0.352 e. The van der Waals surface area contributed by atoms with Gasteiger partial charge < -0.3 is 5.32 Å². The molecule has 2 nitrogen and oxygen atoms in total. The lowest BCUT2D eigenvalue weighted by atomic mass is 10.1. The Balaban J connectivity index is 2.14. The van der Waals surface area contributed by atoms with E-state index in [4.69, 9.17) is 0 Å². The predicted octanol–water partition coefficient (Wildman–Crippen LogP) is 3.04. The van der Waals surface area contributed by atoms with Crippen LogP contribution in [0.25, 0.3) is 0 Å². The Morgan fingerprint density at radius 2 is 2.17 bits per heavy atom. The fourth-order valence-electron chi connectivity index (χ4n) is 1.57. The fourth-order valence-corrected chi connectivity index (χ4v) is 2.47. The summed E-state index contributed by atoms with van der Waals surface area (Å²) in [7, 11) is 0. The highest BCUT2D eigenvalue weighted by atomic mass is 32.2. The highest BCUT2D eigenvalue weighted by Crippen LogP contribution is 2.13. The van der Waals surface area contributed by atoms with Gasteiger partial charge in [-0.2, -0.15) is 0 Å². The van der Waals surface area contributed by atoms with Gasteiger partial charge in [-0.1, -0.05) is 36.4 Å². The topological polar surface area (TPSA) is 29.1 Å². The second kappa shape index (κ2) is 8.81. The number of carbonyl (C=O) groups excluding carboxylic acids is 1. The molecule has 98 valence electrons. The Bertz CT molecular complexity index is 364. The van der Waals surface area contributed by atoms with Crippen molar-refractivity contribution in [3.05, 3.63) is 48.6 Å². The summed E-state index contributed by atoms with van der Waals surface area (Å²) in [5, 5.41) is 2.83. The Morgan fingerprint density at radius 3 is 2.83 bits per heavy atom. The molecule has 0 saturated carbocycles. The quantitative estimate of drug-likeness (QED) is 0.577. The number of amides is 1. The lowest BCUT2D eigenvalue weighted by Gasteiger charge is -2.10. The minimum atomic E-state index is 0.0146. The molecule has 0 heterocycles. The Labute approximate surface area is 114 Å². The monoisotopic (exact) mass is 263 g/mol. The van der Waals surface area contributed by atoms with Gasteiger partial charge in [0, 0.05) is 6.54 Å². The van der Waals surface area contributed by atoms with Gasteiger partial charge in [0.15, 0.2) is 0 Å². The van der Waals surface area contributed by atoms with Crippen LogP contribution >= 0.6 is 11.8 Å². The number of hydrogen-bond acceptors (Lipinski definition) is 2. The molecule has 0 saturated heterocycles. The molecule has 0 aromatic heterocycles. The van der Waals surface area contributed by atoms with Crippen molar-refractivity contribution in [1.29, 1.82) is 0 Å². The summed E-state index contributed by atoms with van der Waals surface area (Å²) in [6.45, 7) is 6.08. The second-order valence-electron chi connectivity index (χ2n) is 4.14. The second-order valence-corrected chi connectivity index (χ2v) is 5.58. The van der Waals surface area contributed by atoms with Gasteiger partial charge >= 0.3 is 0 Å². The first-order valence-corrected chi connectivity index (χ1v) is 7.33. The average molecular weight is 263 g/mol. The van der Waals surface area contributed by atoms with Gasteiger partial charge in [0.05, 0.1) is 5.25 Å². The van der Waals surface area contributed by atoms with Crippen LogP contribution in [0.15, 0.2) is 43.0 Å². The van der Waals surface area contributed by atoms with Crippen LogP contribution in [0.5, 0.6) is 0 Å². The molecule has 1 amide bonds. The molecule has 0 bridgehead atoms. The summed E-state index contributed by atoms with van der Waals surface area (Å²) in [4.78, 5) is 11.6. The van der Waals surface area contributed by atoms with E-state index in [9.17, 15) is 4.79 Å². The summed E-state index contributed by atoms with van der Waals surface area (Å²) >= 11 is 1.71. The Hall–Kier alpha value is -1.22. The lowest BCUT2D eigenvalue weighted by Crippen LogP contribution is -2.31. The molecule has 0 aliphatic carbocycles. The van der Waals surface area contributed by atoms with E-state index in [1.54, 1.807) is 17.8 Å². The van der Waals surface area contributed by atoms with Crippen molar-refractivity contribution in [2.75, 3.05) is 12.3 Å². The van der Waals surface area contributed by atoms with Crippen molar-refractivity contribution >= 4 is 17.7 Å². The van der Waals surface area contributed by atoms with E-state index in [0.717, 1.165) is 18.6 Å². The summed E-state index contributed by atoms with van der Waals surface area (Å²) in [5.41, 5.74) is 1.36. The number of thioether (sulfide) groups is 1. The summed E-state index contributed by atoms with van der Waals surface area (Å²) in [5.74, 6) is 1.11. The maximum atomic E-state index is 11.6. The van der Waals surface area contributed by atoms with Crippen LogP contribution in [-0.2, 0) is 11.2 Å². The van der Waals surface area contributed by atoms with Crippen LogP contribution in [-0.4, -0.2) is 23.5 Å². The highest BCUT2D eigenvalue weighted by molar-refractivity contribution is 8.00. The minimum absolute atomic E-state index is 0.0146. The zero-order chi connectivity index (χ0) is 13.2. The van der Waals surface area contributed by atoms with E-state index < -0.39 is 0 Å². The van der Waals surface area contributed by atoms with Crippen molar-refractivity contribution in [2.45, 2.75) is 25.0 Å². The van der Waals surface area contributed by atoms with Crippen molar-refractivity contribution in [3.63, 3.8) is 0 Å². The SMILES string of the molecule is C=CCNC(=O)C(C)SCCCc1ccccc1. The molecule has 0 fully saturated rings.